The van der Waals surface area contributed by atoms with Gasteiger partial charge in [-0.05, 0) is 50.8 Å². The summed E-state index contributed by atoms with van der Waals surface area (Å²) < 4.78 is 0. The number of aromatic nitrogens is 1. The summed E-state index contributed by atoms with van der Waals surface area (Å²) in [5.41, 5.74) is 3.36. The van der Waals surface area contributed by atoms with Crippen molar-refractivity contribution in [3.8, 4) is 0 Å². The third kappa shape index (κ3) is 2.43. The molecule has 1 aromatic carbocycles. The van der Waals surface area contributed by atoms with Gasteiger partial charge in [-0.1, -0.05) is 11.6 Å². The molecule has 0 bridgehead atoms. The number of hydrogen-bond acceptors (Lipinski definition) is 3. The molecule has 1 aliphatic heterocycles. The lowest BCUT2D eigenvalue weighted by Crippen LogP contribution is -2.44. The van der Waals surface area contributed by atoms with Crippen LogP contribution in [0.2, 0.25) is 0 Å². The fourth-order valence-electron chi connectivity index (χ4n) is 3.35. The maximum absolute atomic E-state index is 12.5. The standard InChI is InChI=1S/C18H21N3O/c1-12-4-7-15-14(11-12)16(8-9-19-15)21-10-2-3-17(21)18(22)20-13-5-6-13/h4,7-9,11,13,17H,2-3,5-6,10H2,1H3,(H,20,22)/t17-/m0/s1. The second-order valence-corrected chi connectivity index (χ2v) is 6.48. The molecule has 2 aliphatic rings. The van der Waals surface area contributed by atoms with Gasteiger partial charge in [0.25, 0.3) is 0 Å². The van der Waals surface area contributed by atoms with E-state index in [4.69, 9.17) is 0 Å². The number of rotatable bonds is 3. The van der Waals surface area contributed by atoms with Crippen LogP contribution in [0.5, 0.6) is 0 Å². The fourth-order valence-corrected chi connectivity index (χ4v) is 3.35. The van der Waals surface area contributed by atoms with Crippen molar-refractivity contribution in [2.75, 3.05) is 11.4 Å². The van der Waals surface area contributed by atoms with Crippen molar-refractivity contribution in [3.05, 3.63) is 36.0 Å². The van der Waals surface area contributed by atoms with Crippen LogP contribution in [0.4, 0.5) is 5.69 Å². The van der Waals surface area contributed by atoms with E-state index >= 15 is 0 Å². The molecule has 1 aliphatic carbocycles. The van der Waals surface area contributed by atoms with E-state index in [0.717, 1.165) is 48.8 Å². The first kappa shape index (κ1) is 13.6. The maximum atomic E-state index is 12.5. The smallest absolute Gasteiger partial charge is 0.242 e. The summed E-state index contributed by atoms with van der Waals surface area (Å²) in [4.78, 5) is 19.2. The Hall–Kier alpha value is -2.10. The van der Waals surface area contributed by atoms with Crippen LogP contribution in [0.1, 0.15) is 31.2 Å². The summed E-state index contributed by atoms with van der Waals surface area (Å²) in [6.45, 7) is 3.04. The van der Waals surface area contributed by atoms with Crippen LogP contribution in [-0.2, 0) is 4.79 Å². The summed E-state index contributed by atoms with van der Waals surface area (Å²) in [6.07, 6.45) is 6.12. The van der Waals surface area contributed by atoms with Gasteiger partial charge >= 0.3 is 0 Å². The molecule has 0 radical (unpaired) electrons. The summed E-state index contributed by atoms with van der Waals surface area (Å²) in [5.74, 6) is 0.192. The van der Waals surface area contributed by atoms with E-state index in [-0.39, 0.29) is 11.9 Å². The summed E-state index contributed by atoms with van der Waals surface area (Å²) in [6, 6.07) is 8.75. The van der Waals surface area contributed by atoms with Gasteiger partial charge in [0.15, 0.2) is 0 Å². The number of hydrogen-bond donors (Lipinski definition) is 1. The van der Waals surface area contributed by atoms with Crippen molar-refractivity contribution in [2.45, 2.75) is 44.7 Å². The number of amides is 1. The lowest BCUT2D eigenvalue weighted by molar-refractivity contribution is -0.122. The lowest BCUT2D eigenvalue weighted by atomic mass is 10.1. The number of benzene rings is 1. The number of fused-ring (bicyclic) bond motifs is 1. The molecular weight excluding hydrogens is 274 g/mol. The third-order valence-corrected chi connectivity index (χ3v) is 4.66. The number of anilines is 1. The van der Waals surface area contributed by atoms with Gasteiger partial charge in [0.1, 0.15) is 6.04 Å². The van der Waals surface area contributed by atoms with Gasteiger partial charge in [0.2, 0.25) is 5.91 Å². The average molecular weight is 295 g/mol. The molecule has 4 heteroatoms. The second kappa shape index (κ2) is 5.27. The predicted molar refractivity (Wildman–Crippen MR) is 88.0 cm³/mol. The molecule has 4 rings (SSSR count). The lowest BCUT2D eigenvalue weighted by Gasteiger charge is -2.27. The Balaban J connectivity index is 1.70. The van der Waals surface area contributed by atoms with Crippen LogP contribution in [0.25, 0.3) is 10.9 Å². The van der Waals surface area contributed by atoms with Crippen LogP contribution in [0, 0.1) is 6.92 Å². The zero-order chi connectivity index (χ0) is 15.1. The molecule has 114 valence electrons. The van der Waals surface area contributed by atoms with Crippen molar-refractivity contribution in [2.24, 2.45) is 0 Å². The van der Waals surface area contributed by atoms with Gasteiger partial charge in [-0.25, -0.2) is 0 Å². The molecule has 1 saturated heterocycles. The highest BCUT2D eigenvalue weighted by Gasteiger charge is 2.34. The zero-order valence-corrected chi connectivity index (χ0v) is 12.9. The molecule has 2 fully saturated rings. The van der Waals surface area contributed by atoms with Gasteiger partial charge in [0.05, 0.1) is 5.52 Å². The third-order valence-electron chi connectivity index (χ3n) is 4.66. The highest BCUT2D eigenvalue weighted by atomic mass is 16.2. The molecule has 0 spiro atoms. The van der Waals surface area contributed by atoms with Gasteiger partial charge in [-0.2, -0.15) is 0 Å². The number of aryl methyl sites for hydroxylation is 1. The minimum absolute atomic E-state index is 0.0355. The molecule has 2 heterocycles. The van der Waals surface area contributed by atoms with Crippen LogP contribution < -0.4 is 10.2 Å². The molecule has 22 heavy (non-hydrogen) atoms. The van der Waals surface area contributed by atoms with Crippen LogP contribution in [-0.4, -0.2) is 29.5 Å². The van der Waals surface area contributed by atoms with Crippen molar-refractivity contribution < 1.29 is 4.79 Å². The van der Waals surface area contributed by atoms with Crippen molar-refractivity contribution in [1.82, 2.24) is 10.3 Å². The Morgan fingerprint density at radius 2 is 2.14 bits per heavy atom. The van der Waals surface area contributed by atoms with Crippen molar-refractivity contribution in [3.63, 3.8) is 0 Å². The van der Waals surface area contributed by atoms with E-state index in [1.54, 1.807) is 0 Å². The largest absolute Gasteiger partial charge is 0.359 e. The Kier molecular flexibility index (Phi) is 3.25. The topological polar surface area (TPSA) is 45.2 Å². The average Bonchev–Trinajstić information content (AvgIpc) is 3.19. The highest BCUT2D eigenvalue weighted by molar-refractivity contribution is 5.95. The minimum Gasteiger partial charge on any atom is -0.359 e. The van der Waals surface area contributed by atoms with Crippen LogP contribution in [0.3, 0.4) is 0 Å². The van der Waals surface area contributed by atoms with Crippen molar-refractivity contribution in [1.29, 1.82) is 0 Å². The molecule has 1 atom stereocenters. The monoisotopic (exact) mass is 295 g/mol. The van der Waals surface area contributed by atoms with Gasteiger partial charge in [0, 0.05) is 29.9 Å². The first-order chi connectivity index (χ1) is 10.7. The van der Waals surface area contributed by atoms with Crippen LogP contribution in [0.15, 0.2) is 30.5 Å². The zero-order valence-electron chi connectivity index (χ0n) is 12.9. The summed E-state index contributed by atoms with van der Waals surface area (Å²) >= 11 is 0. The molecule has 1 N–H and O–H groups in total. The molecule has 0 unspecified atom stereocenters. The molecule has 4 nitrogen and oxygen atoms in total. The van der Waals surface area contributed by atoms with Gasteiger partial charge < -0.3 is 10.2 Å². The van der Waals surface area contributed by atoms with E-state index in [1.165, 1.54) is 5.56 Å². The first-order valence-corrected chi connectivity index (χ1v) is 8.15. The Labute approximate surface area is 130 Å². The van der Waals surface area contributed by atoms with Crippen molar-refractivity contribution >= 4 is 22.5 Å². The van der Waals surface area contributed by atoms with E-state index in [0.29, 0.717) is 6.04 Å². The number of carbonyl (C=O) groups is 1. The van der Waals surface area contributed by atoms with Gasteiger partial charge in [-0.3, -0.25) is 9.78 Å². The Bertz CT molecular complexity index is 723. The van der Waals surface area contributed by atoms with E-state index in [2.05, 4.69) is 40.3 Å². The quantitative estimate of drug-likeness (QED) is 0.947. The molecule has 1 aromatic heterocycles. The van der Waals surface area contributed by atoms with E-state index in [1.807, 2.05) is 12.3 Å². The van der Waals surface area contributed by atoms with E-state index < -0.39 is 0 Å². The normalized spacial score (nSPS) is 21.3. The molecule has 2 aromatic rings. The Morgan fingerprint density at radius 1 is 1.27 bits per heavy atom. The highest BCUT2D eigenvalue weighted by Crippen LogP contribution is 2.32. The molecule has 1 amide bonds. The molecular formula is C18H21N3O. The summed E-state index contributed by atoms with van der Waals surface area (Å²) in [5, 5.41) is 4.31. The number of pyridine rings is 1. The minimum atomic E-state index is -0.0355. The molecule has 1 saturated carbocycles. The SMILES string of the molecule is Cc1ccc2nccc(N3CCC[C@H]3C(=O)NC3CC3)c2c1. The van der Waals surface area contributed by atoms with Gasteiger partial charge in [-0.15, -0.1) is 0 Å². The number of nitrogens with one attached hydrogen (secondary N) is 1. The second-order valence-electron chi connectivity index (χ2n) is 6.48. The Morgan fingerprint density at radius 3 is 2.95 bits per heavy atom. The van der Waals surface area contributed by atoms with Crippen LogP contribution >= 0.6 is 0 Å². The predicted octanol–water partition coefficient (Wildman–Crippen LogP) is 2.79. The van der Waals surface area contributed by atoms with E-state index in [9.17, 15) is 4.79 Å². The maximum Gasteiger partial charge on any atom is 0.242 e. The number of nitrogens with zero attached hydrogens (tertiary/aromatic N) is 2. The fraction of sp³-hybridized carbons (Fsp3) is 0.444. The first-order valence-electron chi connectivity index (χ1n) is 8.15. The number of carbonyl (C=O) groups excluding carboxylic acids is 1. The summed E-state index contributed by atoms with van der Waals surface area (Å²) in [7, 11) is 0.